The molecule has 1 aliphatic rings. The number of carbonyl (C=O) groups is 1. The summed E-state index contributed by atoms with van der Waals surface area (Å²) in [6.45, 7) is 10.1. The second-order valence-electron chi connectivity index (χ2n) is 9.69. The highest BCUT2D eigenvalue weighted by molar-refractivity contribution is 5.86. The quantitative estimate of drug-likeness (QED) is 0.544. The second-order valence-corrected chi connectivity index (χ2v) is 9.69. The maximum atomic E-state index is 13.2. The van der Waals surface area contributed by atoms with Crippen molar-refractivity contribution in [2.45, 2.75) is 39.7 Å². The van der Waals surface area contributed by atoms with Gasteiger partial charge in [-0.2, -0.15) is 0 Å². The van der Waals surface area contributed by atoms with Crippen LogP contribution in [-0.2, 0) is 16.1 Å². The molecule has 1 aromatic heterocycles. The van der Waals surface area contributed by atoms with Crippen molar-refractivity contribution >= 4 is 16.8 Å². The van der Waals surface area contributed by atoms with Gasteiger partial charge in [-0.05, 0) is 40.7 Å². The highest BCUT2D eigenvalue weighted by atomic mass is 16.5. The van der Waals surface area contributed by atoms with Gasteiger partial charge in [-0.3, -0.25) is 4.79 Å². The van der Waals surface area contributed by atoms with Gasteiger partial charge in [0.25, 0.3) is 0 Å². The number of carbonyl (C=O) groups excluding carboxylic acids is 1. The van der Waals surface area contributed by atoms with E-state index in [0.717, 1.165) is 12.3 Å². The molecule has 32 heavy (non-hydrogen) atoms. The van der Waals surface area contributed by atoms with Gasteiger partial charge < -0.3 is 18.9 Å². The van der Waals surface area contributed by atoms with Crippen LogP contribution in [0.4, 0.5) is 0 Å². The molecule has 1 saturated heterocycles. The number of ether oxygens (including phenoxy) is 2. The fourth-order valence-electron chi connectivity index (χ4n) is 4.61. The maximum Gasteiger partial charge on any atom is 0.223 e. The first-order chi connectivity index (χ1) is 15.4. The summed E-state index contributed by atoms with van der Waals surface area (Å²) in [5.41, 5.74) is 3.63. The summed E-state index contributed by atoms with van der Waals surface area (Å²) in [6.07, 6.45) is 2.78. The summed E-state index contributed by atoms with van der Waals surface area (Å²) in [5.74, 6) is 1.21. The van der Waals surface area contributed by atoms with Crippen molar-refractivity contribution in [1.82, 2.24) is 9.47 Å². The van der Waals surface area contributed by atoms with Crippen molar-refractivity contribution in [2.24, 2.45) is 5.41 Å². The maximum absolute atomic E-state index is 13.2. The molecule has 5 heteroatoms. The number of methoxy groups -OCH3 is 1. The fraction of sp³-hybridized carbons (Fsp3) is 0.444. The van der Waals surface area contributed by atoms with Crippen molar-refractivity contribution in [2.75, 3.05) is 33.4 Å². The molecule has 0 aliphatic carbocycles. The summed E-state index contributed by atoms with van der Waals surface area (Å²) >= 11 is 0. The molecule has 0 bridgehead atoms. The molecule has 0 N–H and O–H groups in total. The number of morpholine rings is 1. The minimum atomic E-state index is -0.0446. The van der Waals surface area contributed by atoms with Gasteiger partial charge in [0.2, 0.25) is 5.91 Å². The SMILES string of the molecule is COc1ccc(Cn2cc(C(CC(=O)N3CCOCC3)C(C)(C)C)c3ccccc32)cc1. The van der Waals surface area contributed by atoms with Crippen molar-refractivity contribution in [3.8, 4) is 5.75 Å². The normalized spacial score (nSPS) is 15.7. The smallest absolute Gasteiger partial charge is 0.223 e. The fourth-order valence-corrected chi connectivity index (χ4v) is 4.61. The van der Waals surface area contributed by atoms with Crippen LogP contribution in [0.5, 0.6) is 5.75 Å². The van der Waals surface area contributed by atoms with Gasteiger partial charge in [0.1, 0.15) is 5.75 Å². The Kier molecular flexibility index (Phi) is 6.56. The van der Waals surface area contributed by atoms with Crippen LogP contribution in [-0.4, -0.2) is 48.8 Å². The molecule has 0 spiro atoms. The zero-order valence-electron chi connectivity index (χ0n) is 19.6. The monoisotopic (exact) mass is 434 g/mol. The van der Waals surface area contributed by atoms with Crippen LogP contribution in [0.3, 0.4) is 0 Å². The Labute approximate surface area is 190 Å². The lowest BCUT2D eigenvalue weighted by Gasteiger charge is -2.34. The van der Waals surface area contributed by atoms with Crippen molar-refractivity contribution < 1.29 is 14.3 Å². The number of hydrogen-bond donors (Lipinski definition) is 0. The number of aromatic nitrogens is 1. The number of nitrogens with zero attached hydrogens (tertiary/aromatic N) is 2. The number of hydrogen-bond acceptors (Lipinski definition) is 3. The van der Waals surface area contributed by atoms with E-state index in [1.54, 1.807) is 7.11 Å². The molecule has 1 atom stereocenters. The Morgan fingerprint density at radius 2 is 1.75 bits per heavy atom. The molecule has 3 aromatic rings. The van der Waals surface area contributed by atoms with Gasteiger partial charge in [0.15, 0.2) is 0 Å². The number of benzene rings is 2. The van der Waals surface area contributed by atoms with E-state index in [-0.39, 0.29) is 17.2 Å². The highest BCUT2D eigenvalue weighted by Crippen LogP contribution is 2.42. The molecule has 2 heterocycles. The van der Waals surface area contributed by atoms with Crippen molar-refractivity contribution in [3.63, 3.8) is 0 Å². The molecule has 2 aromatic carbocycles. The topological polar surface area (TPSA) is 43.7 Å². The van der Waals surface area contributed by atoms with E-state index < -0.39 is 0 Å². The third-order valence-corrected chi connectivity index (χ3v) is 6.49. The van der Waals surface area contributed by atoms with Gasteiger partial charge in [-0.15, -0.1) is 0 Å². The van der Waals surface area contributed by atoms with E-state index in [1.165, 1.54) is 22.0 Å². The molecule has 1 unspecified atom stereocenters. The summed E-state index contributed by atoms with van der Waals surface area (Å²) in [6, 6.07) is 16.8. The number of para-hydroxylation sites is 1. The van der Waals surface area contributed by atoms with Crippen LogP contribution in [0.1, 0.15) is 44.2 Å². The molecule has 5 nitrogen and oxygen atoms in total. The zero-order valence-corrected chi connectivity index (χ0v) is 19.6. The van der Waals surface area contributed by atoms with Gasteiger partial charge in [-0.1, -0.05) is 51.1 Å². The average molecular weight is 435 g/mol. The first-order valence-electron chi connectivity index (χ1n) is 11.4. The lowest BCUT2D eigenvalue weighted by Crippen LogP contribution is -2.42. The van der Waals surface area contributed by atoms with Gasteiger partial charge in [-0.25, -0.2) is 0 Å². The summed E-state index contributed by atoms with van der Waals surface area (Å²) < 4.78 is 13.0. The molecular weight excluding hydrogens is 400 g/mol. The Bertz CT molecular complexity index is 1060. The lowest BCUT2D eigenvalue weighted by molar-refractivity contribution is -0.136. The number of rotatable bonds is 6. The van der Waals surface area contributed by atoms with Crippen LogP contribution >= 0.6 is 0 Å². The van der Waals surface area contributed by atoms with Crippen molar-refractivity contribution in [1.29, 1.82) is 0 Å². The van der Waals surface area contributed by atoms with Gasteiger partial charge in [0.05, 0.1) is 20.3 Å². The summed E-state index contributed by atoms with van der Waals surface area (Å²) in [5, 5.41) is 1.23. The minimum absolute atomic E-state index is 0.0446. The Morgan fingerprint density at radius 3 is 2.41 bits per heavy atom. The third-order valence-electron chi connectivity index (χ3n) is 6.49. The molecule has 1 aliphatic heterocycles. The average Bonchev–Trinajstić information content (AvgIpc) is 3.15. The van der Waals surface area contributed by atoms with Crippen LogP contribution in [0.2, 0.25) is 0 Å². The zero-order chi connectivity index (χ0) is 22.7. The molecule has 1 fully saturated rings. The van der Waals surface area contributed by atoms with Crippen LogP contribution in [0.25, 0.3) is 10.9 Å². The largest absolute Gasteiger partial charge is 0.497 e. The summed E-state index contributed by atoms with van der Waals surface area (Å²) in [7, 11) is 1.69. The lowest BCUT2D eigenvalue weighted by atomic mass is 9.74. The Morgan fingerprint density at radius 1 is 1.06 bits per heavy atom. The van der Waals surface area contributed by atoms with Gasteiger partial charge >= 0.3 is 0 Å². The molecule has 170 valence electrons. The van der Waals surface area contributed by atoms with Crippen LogP contribution in [0.15, 0.2) is 54.7 Å². The second kappa shape index (κ2) is 9.37. The molecule has 0 saturated carbocycles. The third kappa shape index (κ3) is 4.83. The first kappa shape index (κ1) is 22.4. The van der Waals surface area contributed by atoms with E-state index in [9.17, 15) is 4.79 Å². The minimum Gasteiger partial charge on any atom is -0.497 e. The van der Waals surface area contributed by atoms with E-state index in [4.69, 9.17) is 9.47 Å². The molecule has 1 amide bonds. The predicted octanol–water partition coefficient (Wildman–Crippen LogP) is 5.08. The van der Waals surface area contributed by atoms with Crippen LogP contribution in [0, 0.1) is 5.41 Å². The van der Waals surface area contributed by atoms with Crippen molar-refractivity contribution in [3.05, 3.63) is 65.9 Å². The predicted molar refractivity (Wildman–Crippen MR) is 128 cm³/mol. The number of amides is 1. The van der Waals surface area contributed by atoms with E-state index in [1.807, 2.05) is 17.0 Å². The van der Waals surface area contributed by atoms with E-state index >= 15 is 0 Å². The molecular formula is C27H34N2O3. The highest BCUT2D eigenvalue weighted by Gasteiger charge is 2.32. The molecule has 4 rings (SSSR count). The Hall–Kier alpha value is -2.79. The van der Waals surface area contributed by atoms with Crippen LogP contribution < -0.4 is 4.74 Å². The molecule has 0 radical (unpaired) electrons. The Balaban J connectivity index is 1.68. The standard InChI is InChI=1S/C27H34N2O3/c1-27(2,3)24(17-26(30)28-13-15-32-16-14-28)23-19-29(25-8-6-5-7-22(23)25)18-20-9-11-21(31-4)12-10-20/h5-12,19,24H,13-18H2,1-4H3. The van der Waals surface area contributed by atoms with Gasteiger partial charge in [0, 0.05) is 43.2 Å². The summed E-state index contributed by atoms with van der Waals surface area (Å²) in [4.78, 5) is 15.1. The first-order valence-corrected chi connectivity index (χ1v) is 11.4. The van der Waals surface area contributed by atoms with E-state index in [2.05, 4.69) is 67.9 Å². The number of fused-ring (bicyclic) bond motifs is 1. The van der Waals surface area contributed by atoms with E-state index in [0.29, 0.717) is 32.7 Å².